The lowest BCUT2D eigenvalue weighted by Gasteiger charge is -2.12. The number of carbonyl (C=O) groups excluding carboxylic acids is 2. The summed E-state index contributed by atoms with van der Waals surface area (Å²) in [4.78, 5) is 24.5. The van der Waals surface area contributed by atoms with Crippen LogP contribution in [0.15, 0.2) is 36.4 Å². The van der Waals surface area contributed by atoms with Crippen molar-refractivity contribution in [3.05, 3.63) is 51.1 Å². The summed E-state index contributed by atoms with van der Waals surface area (Å²) in [5.41, 5.74) is 1.49. The third-order valence-electron chi connectivity index (χ3n) is 3.44. The number of hydrogen-bond donors (Lipinski definition) is 2. The number of halogens is 1. The van der Waals surface area contributed by atoms with Crippen LogP contribution in [-0.4, -0.2) is 32.6 Å². The average molecular weight is 454 g/mol. The van der Waals surface area contributed by atoms with Crippen LogP contribution in [0.25, 0.3) is 0 Å². The Morgan fingerprint density at radius 3 is 2.36 bits per heavy atom. The zero-order valence-corrected chi connectivity index (χ0v) is 16.3. The molecule has 0 atom stereocenters. The fraction of sp³-hybridized carbons (Fsp3) is 0.222. The molecule has 7 heteroatoms. The predicted octanol–water partition coefficient (Wildman–Crippen LogP) is 3.31. The first-order valence-electron chi connectivity index (χ1n) is 7.61. The van der Waals surface area contributed by atoms with Crippen LogP contribution in [0.4, 0.5) is 5.69 Å². The number of ether oxygens (including phenoxy) is 2. The van der Waals surface area contributed by atoms with Gasteiger partial charge in [0.05, 0.1) is 19.8 Å². The molecule has 0 aliphatic carbocycles. The Morgan fingerprint density at radius 2 is 1.72 bits per heavy atom. The van der Waals surface area contributed by atoms with Crippen LogP contribution in [0.5, 0.6) is 11.5 Å². The van der Waals surface area contributed by atoms with Crippen LogP contribution in [0.1, 0.15) is 27.6 Å². The van der Waals surface area contributed by atoms with E-state index in [1.54, 1.807) is 43.5 Å². The Kier molecular flexibility index (Phi) is 6.63. The Bertz CT molecular complexity index is 793. The molecule has 0 saturated heterocycles. The quantitative estimate of drug-likeness (QED) is 0.657. The van der Waals surface area contributed by atoms with Gasteiger partial charge in [-0.05, 0) is 59.8 Å². The molecule has 6 nitrogen and oxygen atoms in total. The third-order valence-corrected chi connectivity index (χ3v) is 4.33. The summed E-state index contributed by atoms with van der Waals surface area (Å²) in [6.07, 6.45) is 0. The van der Waals surface area contributed by atoms with Gasteiger partial charge in [0.2, 0.25) is 0 Å². The van der Waals surface area contributed by atoms with E-state index >= 15 is 0 Å². The number of carbonyl (C=O) groups is 2. The second-order valence-corrected chi connectivity index (χ2v) is 6.24. The van der Waals surface area contributed by atoms with E-state index in [-0.39, 0.29) is 11.8 Å². The minimum absolute atomic E-state index is 0.181. The molecule has 2 aromatic carbocycles. The summed E-state index contributed by atoms with van der Waals surface area (Å²) in [5.74, 6) is 0.559. The summed E-state index contributed by atoms with van der Waals surface area (Å²) in [7, 11) is 3.06. The van der Waals surface area contributed by atoms with Crippen molar-refractivity contribution in [2.45, 2.75) is 6.92 Å². The van der Waals surface area contributed by atoms with Crippen molar-refractivity contribution < 1.29 is 19.1 Å². The molecule has 0 aliphatic rings. The van der Waals surface area contributed by atoms with Crippen molar-refractivity contribution in [3.8, 4) is 11.5 Å². The highest BCUT2D eigenvalue weighted by Crippen LogP contribution is 2.31. The zero-order chi connectivity index (χ0) is 18.4. The maximum atomic E-state index is 12.6. The lowest BCUT2D eigenvalue weighted by Crippen LogP contribution is -2.22. The van der Waals surface area contributed by atoms with E-state index in [1.165, 1.54) is 7.11 Å². The predicted molar refractivity (Wildman–Crippen MR) is 105 cm³/mol. The van der Waals surface area contributed by atoms with E-state index < -0.39 is 0 Å². The molecule has 0 fully saturated rings. The Labute approximate surface area is 160 Å². The molecule has 25 heavy (non-hydrogen) atoms. The van der Waals surface area contributed by atoms with Crippen molar-refractivity contribution >= 4 is 40.1 Å². The van der Waals surface area contributed by atoms with Gasteiger partial charge in [-0.3, -0.25) is 9.59 Å². The van der Waals surface area contributed by atoms with Crippen LogP contribution in [0.2, 0.25) is 0 Å². The molecule has 0 unspecified atom stereocenters. The molecular weight excluding hydrogens is 435 g/mol. The molecule has 0 aromatic heterocycles. The zero-order valence-electron chi connectivity index (χ0n) is 14.2. The lowest BCUT2D eigenvalue weighted by atomic mass is 10.1. The van der Waals surface area contributed by atoms with Gasteiger partial charge in [0.25, 0.3) is 11.8 Å². The summed E-state index contributed by atoms with van der Waals surface area (Å²) in [6, 6.07) is 10.1. The van der Waals surface area contributed by atoms with Gasteiger partial charge in [0.1, 0.15) is 0 Å². The standard InChI is InChI=1S/C18H19IN2O4/c1-4-20-17(22)11-6-5-7-12(8-11)21-18(23)13-9-15(24-2)16(25-3)10-14(13)19/h5-10H,4H2,1-3H3,(H,20,22)(H,21,23). The largest absolute Gasteiger partial charge is 0.493 e. The molecular formula is C18H19IN2O4. The Balaban J connectivity index is 2.25. The fourth-order valence-electron chi connectivity index (χ4n) is 2.23. The SMILES string of the molecule is CCNC(=O)c1cccc(NC(=O)c2cc(OC)c(OC)cc2I)c1. The van der Waals surface area contributed by atoms with E-state index in [1.807, 2.05) is 6.92 Å². The molecule has 2 N–H and O–H groups in total. The molecule has 2 aromatic rings. The molecule has 0 aliphatic heterocycles. The number of amides is 2. The van der Waals surface area contributed by atoms with Crippen LogP contribution in [-0.2, 0) is 0 Å². The molecule has 0 saturated carbocycles. The summed E-state index contributed by atoms with van der Waals surface area (Å²) < 4.78 is 11.2. The van der Waals surface area contributed by atoms with Gasteiger partial charge >= 0.3 is 0 Å². The van der Waals surface area contributed by atoms with E-state index in [2.05, 4.69) is 33.2 Å². The van der Waals surface area contributed by atoms with E-state index in [4.69, 9.17) is 9.47 Å². The Morgan fingerprint density at radius 1 is 1.04 bits per heavy atom. The number of hydrogen-bond acceptors (Lipinski definition) is 4. The van der Waals surface area contributed by atoms with Gasteiger partial charge in [0.15, 0.2) is 11.5 Å². The first kappa shape index (κ1) is 19.0. The minimum Gasteiger partial charge on any atom is -0.493 e. The number of nitrogens with one attached hydrogen (secondary N) is 2. The molecule has 2 amide bonds. The van der Waals surface area contributed by atoms with Crippen molar-refractivity contribution in [1.82, 2.24) is 5.32 Å². The highest BCUT2D eigenvalue weighted by Gasteiger charge is 2.16. The first-order chi connectivity index (χ1) is 12.0. The normalized spacial score (nSPS) is 10.1. The summed E-state index contributed by atoms with van der Waals surface area (Å²) in [6.45, 7) is 2.39. The maximum Gasteiger partial charge on any atom is 0.256 e. The molecule has 0 radical (unpaired) electrons. The molecule has 0 spiro atoms. The third kappa shape index (κ3) is 4.62. The highest BCUT2D eigenvalue weighted by atomic mass is 127. The first-order valence-corrected chi connectivity index (χ1v) is 8.69. The summed E-state index contributed by atoms with van der Waals surface area (Å²) in [5, 5.41) is 5.53. The van der Waals surface area contributed by atoms with Crippen LogP contribution in [0, 0.1) is 3.57 Å². The lowest BCUT2D eigenvalue weighted by molar-refractivity contribution is 0.0954. The van der Waals surface area contributed by atoms with Crippen LogP contribution >= 0.6 is 22.6 Å². The minimum atomic E-state index is -0.293. The molecule has 0 heterocycles. The second-order valence-electron chi connectivity index (χ2n) is 5.08. The van der Waals surface area contributed by atoms with Gasteiger partial charge in [-0.15, -0.1) is 0 Å². The number of rotatable bonds is 6. The van der Waals surface area contributed by atoms with Gasteiger partial charge in [-0.1, -0.05) is 6.07 Å². The molecule has 132 valence electrons. The molecule has 2 rings (SSSR count). The Hall–Kier alpha value is -2.29. The smallest absolute Gasteiger partial charge is 0.256 e. The topological polar surface area (TPSA) is 76.7 Å². The van der Waals surface area contributed by atoms with E-state index in [9.17, 15) is 9.59 Å². The fourth-order valence-corrected chi connectivity index (χ4v) is 2.91. The highest BCUT2D eigenvalue weighted by molar-refractivity contribution is 14.1. The summed E-state index contributed by atoms with van der Waals surface area (Å²) >= 11 is 2.07. The maximum absolute atomic E-state index is 12.6. The number of methoxy groups -OCH3 is 2. The molecule has 0 bridgehead atoms. The van der Waals surface area contributed by atoms with Gasteiger partial charge in [-0.2, -0.15) is 0 Å². The van der Waals surface area contributed by atoms with Crippen molar-refractivity contribution in [3.63, 3.8) is 0 Å². The monoisotopic (exact) mass is 454 g/mol. The van der Waals surface area contributed by atoms with E-state index in [0.29, 0.717) is 34.9 Å². The van der Waals surface area contributed by atoms with Crippen molar-refractivity contribution in [2.75, 3.05) is 26.1 Å². The van der Waals surface area contributed by atoms with Gasteiger partial charge < -0.3 is 20.1 Å². The average Bonchev–Trinajstić information content (AvgIpc) is 2.61. The van der Waals surface area contributed by atoms with Crippen molar-refractivity contribution in [2.24, 2.45) is 0 Å². The second kappa shape index (κ2) is 8.70. The van der Waals surface area contributed by atoms with Crippen LogP contribution < -0.4 is 20.1 Å². The van der Waals surface area contributed by atoms with E-state index in [0.717, 1.165) is 3.57 Å². The van der Waals surface area contributed by atoms with Crippen molar-refractivity contribution in [1.29, 1.82) is 0 Å². The van der Waals surface area contributed by atoms with Gasteiger partial charge in [0, 0.05) is 21.4 Å². The van der Waals surface area contributed by atoms with Crippen LogP contribution in [0.3, 0.4) is 0 Å². The van der Waals surface area contributed by atoms with Gasteiger partial charge in [-0.25, -0.2) is 0 Å². The number of anilines is 1. The number of benzene rings is 2.